The minimum absolute atomic E-state index is 0.762. The molecule has 0 aliphatic carbocycles. The highest BCUT2D eigenvalue weighted by Crippen LogP contribution is 2.42. The van der Waals surface area contributed by atoms with Gasteiger partial charge in [-0.3, -0.25) is 0 Å². The van der Waals surface area contributed by atoms with Crippen molar-refractivity contribution in [1.29, 1.82) is 0 Å². The third kappa shape index (κ3) is 8.30. The summed E-state index contributed by atoms with van der Waals surface area (Å²) in [5, 5.41) is 4.62. The summed E-state index contributed by atoms with van der Waals surface area (Å²) in [6.07, 6.45) is 9.83. The zero-order valence-corrected chi connectivity index (χ0v) is 22.8. The largest absolute Gasteiger partial charge is 0.492 e. The molecule has 4 heteroatoms. The lowest BCUT2D eigenvalue weighted by Crippen LogP contribution is -2.03. The molecule has 0 saturated carbocycles. The average Bonchev–Trinajstić information content (AvgIpc) is 2.87. The van der Waals surface area contributed by atoms with Crippen LogP contribution in [0, 0.1) is 0 Å². The van der Waals surface area contributed by atoms with Gasteiger partial charge in [0.15, 0.2) is 0 Å². The van der Waals surface area contributed by atoms with Crippen molar-refractivity contribution < 1.29 is 9.47 Å². The Kier molecular flexibility index (Phi) is 12.9. The molecule has 0 unspecified atom stereocenters. The second-order valence-electron chi connectivity index (χ2n) is 8.79. The Morgan fingerprint density at radius 2 is 0.853 bits per heavy atom. The molecular formula is C30H42O2S2. The van der Waals surface area contributed by atoms with Crippen molar-refractivity contribution in [3.63, 3.8) is 0 Å². The van der Waals surface area contributed by atoms with E-state index in [1.165, 1.54) is 61.5 Å². The van der Waals surface area contributed by atoms with Crippen LogP contribution < -0.4 is 9.47 Å². The van der Waals surface area contributed by atoms with E-state index in [4.69, 9.17) is 9.47 Å². The molecule has 186 valence electrons. The smallest absolute Gasteiger partial charge is 0.135 e. The van der Waals surface area contributed by atoms with E-state index in [1.54, 1.807) is 0 Å². The van der Waals surface area contributed by atoms with Gasteiger partial charge in [-0.05, 0) is 61.5 Å². The summed E-state index contributed by atoms with van der Waals surface area (Å²) in [5.74, 6) is 7.04. The fourth-order valence-corrected chi connectivity index (χ4v) is 6.23. The normalized spacial score (nSPS) is 11.4. The number of rotatable bonds is 18. The van der Waals surface area contributed by atoms with Crippen molar-refractivity contribution in [3.8, 4) is 11.5 Å². The van der Waals surface area contributed by atoms with Crippen LogP contribution in [0.4, 0.5) is 0 Å². The number of unbranched alkanes of at least 4 members (excludes halogenated alkanes) is 4. The number of benzene rings is 3. The minimum Gasteiger partial charge on any atom is -0.492 e. The highest BCUT2D eigenvalue weighted by Gasteiger charge is 2.15. The SMILES string of the molecule is CCCCSCCCCOc1c2ccccc2c(OCCCCSCCCC)c2ccccc12. The summed E-state index contributed by atoms with van der Waals surface area (Å²) >= 11 is 4.15. The Bertz CT molecular complexity index is 838. The first-order valence-corrected chi connectivity index (χ1v) is 15.5. The Hall–Kier alpha value is -1.52. The van der Waals surface area contributed by atoms with E-state index in [0.717, 1.165) is 59.1 Å². The highest BCUT2D eigenvalue weighted by atomic mass is 32.2. The van der Waals surface area contributed by atoms with Crippen LogP contribution in [0.3, 0.4) is 0 Å². The van der Waals surface area contributed by atoms with E-state index in [9.17, 15) is 0 Å². The predicted octanol–water partition coefficient (Wildman–Crippen LogP) is 9.38. The van der Waals surface area contributed by atoms with Crippen molar-refractivity contribution in [2.24, 2.45) is 0 Å². The lowest BCUT2D eigenvalue weighted by atomic mass is 10.0. The van der Waals surface area contributed by atoms with Crippen LogP contribution in [0.15, 0.2) is 48.5 Å². The third-order valence-electron chi connectivity index (χ3n) is 5.98. The topological polar surface area (TPSA) is 18.5 Å². The van der Waals surface area contributed by atoms with E-state index >= 15 is 0 Å². The summed E-state index contributed by atoms with van der Waals surface area (Å²) in [6.45, 7) is 6.04. The molecule has 34 heavy (non-hydrogen) atoms. The van der Waals surface area contributed by atoms with Crippen molar-refractivity contribution in [3.05, 3.63) is 48.5 Å². The van der Waals surface area contributed by atoms with Crippen LogP contribution in [0.2, 0.25) is 0 Å². The number of ether oxygens (including phenoxy) is 2. The molecule has 3 aromatic rings. The quantitative estimate of drug-likeness (QED) is 0.128. The lowest BCUT2D eigenvalue weighted by Gasteiger charge is -2.18. The number of hydrogen-bond acceptors (Lipinski definition) is 4. The van der Waals surface area contributed by atoms with E-state index in [0.29, 0.717) is 0 Å². The number of thioether (sulfide) groups is 2. The van der Waals surface area contributed by atoms with E-state index in [2.05, 4.69) is 85.9 Å². The van der Waals surface area contributed by atoms with E-state index in [1.807, 2.05) is 0 Å². The molecule has 0 radical (unpaired) electrons. The monoisotopic (exact) mass is 498 g/mol. The molecule has 0 spiro atoms. The van der Waals surface area contributed by atoms with Crippen molar-refractivity contribution >= 4 is 45.1 Å². The first kappa shape index (κ1) is 27.1. The van der Waals surface area contributed by atoms with Gasteiger partial charge in [-0.25, -0.2) is 0 Å². The minimum atomic E-state index is 0.762. The first-order chi connectivity index (χ1) is 16.9. The molecule has 0 saturated heterocycles. The molecule has 0 N–H and O–H groups in total. The summed E-state index contributed by atoms with van der Waals surface area (Å²) in [7, 11) is 0. The summed E-state index contributed by atoms with van der Waals surface area (Å²) < 4.78 is 12.9. The molecule has 0 heterocycles. The van der Waals surface area contributed by atoms with Gasteiger partial charge in [0.05, 0.1) is 13.2 Å². The molecule has 0 atom stereocenters. The Balaban J connectivity index is 1.65. The lowest BCUT2D eigenvalue weighted by molar-refractivity contribution is 0.312. The second-order valence-corrected chi connectivity index (χ2v) is 11.2. The molecule has 0 fully saturated rings. The van der Waals surface area contributed by atoms with E-state index in [-0.39, 0.29) is 0 Å². The molecule has 0 bridgehead atoms. The number of fused-ring (bicyclic) bond motifs is 2. The molecule has 0 aliphatic heterocycles. The fraction of sp³-hybridized carbons (Fsp3) is 0.533. The molecule has 0 aromatic heterocycles. The summed E-state index contributed by atoms with van der Waals surface area (Å²) in [5.41, 5.74) is 0. The molecule has 3 rings (SSSR count). The van der Waals surface area contributed by atoms with Gasteiger partial charge < -0.3 is 9.47 Å². The third-order valence-corrected chi connectivity index (χ3v) is 8.29. The zero-order chi connectivity index (χ0) is 23.8. The molecular weight excluding hydrogens is 456 g/mol. The summed E-state index contributed by atoms with van der Waals surface area (Å²) in [6, 6.07) is 17.1. The van der Waals surface area contributed by atoms with Crippen LogP contribution in [0.1, 0.15) is 65.2 Å². The van der Waals surface area contributed by atoms with Crippen LogP contribution in [-0.2, 0) is 0 Å². The fourth-order valence-electron chi connectivity index (χ4n) is 4.02. The highest BCUT2D eigenvalue weighted by molar-refractivity contribution is 7.99. The van der Waals surface area contributed by atoms with Gasteiger partial charge in [-0.2, -0.15) is 23.5 Å². The van der Waals surface area contributed by atoms with Crippen LogP contribution in [0.25, 0.3) is 21.5 Å². The number of hydrogen-bond donors (Lipinski definition) is 0. The Labute approximate surface area is 215 Å². The molecule has 2 nitrogen and oxygen atoms in total. The molecule has 3 aromatic carbocycles. The maximum absolute atomic E-state index is 6.44. The summed E-state index contributed by atoms with van der Waals surface area (Å²) in [4.78, 5) is 0. The van der Waals surface area contributed by atoms with Gasteiger partial charge in [-0.15, -0.1) is 0 Å². The van der Waals surface area contributed by atoms with Crippen LogP contribution >= 0.6 is 23.5 Å². The van der Waals surface area contributed by atoms with Crippen molar-refractivity contribution in [1.82, 2.24) is 0 Å². The van der Waals surface area contributed by atoms with Gasteiger partial charge in [0.2, 0.25) is 0 Å². The molecule has 0 aliphatic rings. The Morgan fingerprint density at radius 3 is 1.21 bits per heavy atom. The van der Waals surface area contributed by atoms with Gasteiger partial charge >= 0.3 is 0 Å². The maximum atomic E-state index is 6.44. The Morgan fingerprint density at radius 1 is 0.500 bits per heavy atom. The zero-order valence-electron chi connectivity index (χ0n) is 21.2. The van der Waals surface area contributed by atoms with Crippen molar-refractivity contribution in [2.75, 3.05) is 36.2 Å². The van der Waals surface area contributed by atoms with Gasteiger partial charge in [-0.1, -0.05) is 75.2 Å². The van der Waals surface area contributed by atoms with Gasteiger partial charge in [0.25, 0.3) is 0 Å². The average molecular weight is 499 g/mol. The van der Waals surface area contributed by atoms with Crippen molar-refractivity contribution in [2.45, 2.75) is 65.2 Å². The predicted molar refractivity (Wildman–Crippen MR) is 155 cm³/mol. The van der Waals surface area contributed by atoms with Gasteiger partial charge in [0.1, 0.15) is 11.5 Å². The maximum Gasteiger partial charge on any atom is 0.135 e. The van der Waals surface area contributed by atoms with Crippen LogP contribution in [-0.4, -0.2) is 36.2 Å². The standard InChI is InChI=1S/C30H42O2S2/c1-3-5-21-33-23-13-11-19-31-29-25-15-7-9-17-27(25)30(28-18-10-8-16-26(28)29)32-20-12-14-24-34-22-6-4-2/h7-10,15-18H,3-6,11-14,19-24H2,1-2H3. The first-order valence-electron chi connectivity index (χ1n) is 13.2. The molecule has 0 amide bonds. The van der Waals surface area contributed by atoms with E-state index < -0.39 is 0 Å². The van der Waals surface area contributed by atoms with Crippen LogP contribution in [0.5, 0.6) is 11.5 Å². The van der Waals surface area contributed by atoms with Gasteiger partial charge in [0, 0.05) is 21.5 Å². The second kappa shape index (κ2) is 16.2.